The fraction of sp³-hybridized carbons (Fsp3) is 0.364. The highest BCUT2D eigenvalue weighted by Gasteiger charge is 2.03. The number of likely N-dealkylation sites (N-methyl/N-ethyl adjacent to an activating group) is 1. The van der Waals surface area contributed by atoms with E-state index in [0.29, 0.717) is 13.0 Å². The van der Waals surface area contributed by atoms with E-state index in [1.807, 2.05) is 19.3 Å². The average molecular weight is 218 g/mol. The molecule has 1 aromatic rings. The Morgan fingerprint density at radius 1 is 1.75 bits per heavy atom. The van der Waals surface area contributed by atoms with Gasteiger partial charge in [-0.25, -0.2) is 0 Å². The van der Waals surface area contributed by atoms with E-state index in [4.69, 9.17) is 5.26 Å². The van der Waals surface area contributed by atoms with E-state index in [0.717, 1.165) is 5.56 Å². The van der Waals surface area contributed by atoms with Crippen LogP contribution in [0.2, 0.25) is 0 Å². The third-order valence-corrected chi connectivity index (χ3v) is 2.08. The lowest BCUT2D eigenvalue weighted by Crippen LogP contribution is -2.25. The Kier molecular flexibility index (Phi) is 4.28. The van der Waals surface area contributed by atoms with Crippen LogP contribution in [0.1, 0.15) is 12.0 Å². The lowest BCUT2D eigenvalue weighted by molar-refractivity contribution is -0.124. The average Bonchev–Trinajstić information content (AvgIpc) is 2.68. The molecule has 1 rings (SSSR count). The summed E-state index contributed by atoms with van der Waals surface area (Å²) in [6.07, 6.45) is 7.04. The Balaban J connectivity index is 2.51. The van der Waals surface area contributed by atoms with Gasteiger partial charge in [0, 0.05) is 38.5 Å². The minimum Gasteiger partial charge on any atom is -0.341 e. The second-order valence-corrected chi connectivity index (χ2v) is 3.45. The van der Waals surface area contributed by atoms with Crippen molar-refractivity contribution in [2.75, 3.05) is 13.6 Å². The molecule has 0 saturated heterocycles. The van der Waals surface area contributed by atoms with Gasteiger partial charge in [-0.2, -0.15) is 10.4 Å². The van der Waals surface area contributed by atoms with Gasteiger partial charge in [0.25, 0.3) is 0 Å². The molecule has 1 aromatic heterocycles. The number of hydrogen-bond donors (Lipinski definition) is 0. The van der Waals surface area contributed by atoms with Gasteiger partial charge in [-0.05, 0) is 6.08 Å². The maximum absolute atomic E-state index is 11.5. The van der Waals surface area contributed by atoms with Crippen molar-refractivity contribution in [3.63, 3.8) is 0 Å². The minimum atomic E-state index is -0.112. The van der Waals surface area contributed by atoms with Gasteiger partial charge in [0.05, 0.1) is 18.7 Å². The summed E-state index contributed by atoms with van der Waals surface area (Å²) in [6, 6.07) is 2.00. The van der Waals surface area contributed by atoms with Gasteiger partial charge in [0.1, 0.15) is 0 Å². The third kappa shape index (κ3) is 3.58. The van der Waals surface area contributed by atoms with Crippen LogP contribution in [0.3, 0.4) is 0 Å². The lowest BCUT2D eigenvalue weighted by Gasteiger charge is -2.11. The van der Waals surface area contributed by atoms with Gasteiger partial charge in [-0.15, -0.1) is 0 Å². The number of nitriles is 1. The van der Waals surface area contributed by atoms with Crippen LogP contribution >= 0.6 is 0 Å². The van der Waals surface area contributed by atoms with Crippen LogP contribution in [-0.2, 0) is 11.8 Å². The molecule has 0 radical (unpaired) electrons. The van der Waals surface area contributed by atoms with E-state index in [9.17, 15) is 4.79 Å². The van der Waals surface area contributed by atoms with Gasteiger partial charge >= 0.3 is 0 Å². The summed E-state index contributed by atoms with van der Waals surface area (Å²) < 4.78 is 1.67. The highest BCUT2D eigenvalue weighted by atomic mass is 16.2. The molecule has 1 amide bonds. The van der Waals surface area contributed by atoms with Crippen LogP contribution in [-0.4, -0.2) is 34.2 Å². The number of carbonyl (C=O) groups is 1. The second kappa shape index (κ2) is 5.71. The SMILES string of the molecule is CN(CCC#N)C(=O)/C=C/c1cnn(C)c1. The van der Waals surface area contributed by atoms with Crippen molar-refractivity contribution in [3.05, 3.63) is 24.0 Å². The Morgan fingerprint density at radius 2 is 2.50 bits per heavy atom. The van der Waals surface area contributed by atoms with E-state index >= 15 is 0 Å². The van der Waals surface area contributed by atoms with E-state index in [1.165, 1.54) is 11.0 Å². The first-order chi connectivity index (χ1) is 7.63. The number of aromatic nitrogens is 2. The third-order valence-electron chi connectivity index (χ3n) is 2.08. The molecule has 0 N–H and O–H groups in total. The molecule has 5 nitrogen and oxygen atoms in total. The summed E-state index contributed by atoms with van der Waals surface area (Å²) >= 11 is 0. The van der Waals surface area contributed by atoms with Crippen LogP contribution in [0.15, 0.2) is 18.5 Å². The summed E-state index contributed by atoms with van der Waals surface area (Å²) in [5.74, 6) is -0.112. The molecule has 0 aliphatic heterocycles. The highest BCUT2D eigenvalue weighted by molar-refractivity contribution is 5.91. The normalized spacial score (nSPS) is 10.3. The van der Waals surface area contributed by atoms with Crippen LogP contribution in [0.25, 0.3) is 6.08 Å². The van der Waals surface area contributed by atoms with Crippen molar-refractivity contribution >= 4 is 12.0 Å². The number of hydrogen-bond acceptors (Lipinski definition) is 3. The molecule has 0 spiro atoms. The largest absolute Gasteiger partial charge is 0.341 e. The van der Waals surface area contributed by atoms with Crippen LogP contribution < -0.4 is 0 Å². The summed E-state index contributed by atoms with van der Waals surface area (Å²) in [5, 5.41) is 12.4. The zero-order valence-corrected chi connectivity index (χ0v) is 9.42. The van der Waals surface area contributed by atoms with Crippen molar-refractivity contribution in [3.8, 4) is 6.07 Å². The summed E-state index contributed by atoms with van der Waals surface area (Å²) in [7, 11) is 3.49. The Labute approximate surface area is 94.6 Å². The molecule has 0 aliphatic rings. The highest BCUT2D eigenvalue weighted by Crippen LogP contribution is 2.00. The Morgan fingerprint density at radius 3 is 3.06 bits per heavy atom. The smallest absolute Gasteiger partial charge is 0.246 e. The first-order valence-corrected chi connectivity index (χ1v) is 4.92. The zero-order chi connectivity index (χ0) is 12.0. The Hall–Kier alpha value is -2.09. The number of amides is 1. The minimum absolute atomic E-state index is 0.112. The summed E-state index contributed by atoms with van der Waals surface area (Å²) in [6.45, 7) is 0.451. The van der Waals surface area contributed by atoms with Crippen molar-refractivity contribution in [1.82, 2.24) is 14.7 Å². The topological polar surface area (TPSA) is 61.9 Å². The molecule has 16 heavy (non-hydrogen) atoms. The first kappa shape index (κ1) is 12.0. The molecule has 1 heterocycles. The molecule has 84 valence electrons. The van der Waals surface area contributed by atoms with Gasteiger partial charge < -0.3 is 4.90 Å². The molecule has 0 aromatic carbocycles. The molecule has 0 aliphatic carbocycles. The molecular weight excluding hydrogens is 204 g/mol. The second-order valence-electron chi connectivity index (χ2n) is 3.45. The standard InChI is InChI=1S/C11H14N4O/c1-14(7-3-6-12)11(16)5-4-10-8-13-15(2)9-10/h4-5,8-9H,3,7H2,1-2H3/b5-4+. The quantitative estimate of drug-likeness (QED) is 0.702. The fourth-order valence-corrected chi connectivity index (χ4v) is 1.15. The van der Waals surface area contributed by atoms with Gasteiger partial charge in [0.15, 0.2) is 0 Å². The van der Waals surface area contributed by atoms with Crippen molar-refractivity contribution in [1.29, 1.82) is 5.26 Å². The van der Waals surface area contributed by atoms with E-state index in [2.05, 4.69) is 5.10 Å². The number of carbonyl (C=O) groups excluding carboxylic acids is 1. The molecule has 0 atom stereocenters. The van der Waals surface area contributed by atoms with Gasteiger partial charge in [-0.1, -0.05) is 0 Å². The van der Waals surface area contributed by atoms with Crippen LogP contribution in [0, 0.1) is 11.3 Å². The number of aryl methyl sites for hydroxylation is 1. The molecule has 5 heteroatoms. The van der Waals surface area contributed by atoms with Crippen LogP contribution in [0.4, 0.5) is 0 Å². The van der Waals surface area contributed by atoms with Crippen molar-refractivity contribution in [2.45, 2.75) is 6.42 Å². The lowest BCUT2D eigenvalue weighted by atomic mass is 10.3. The molecule has 0 saturated carbocycles. The van der Waals surface area contributed by atoms with E-state index < -0.39 is 0 Å². The van der Waals surface area contributed by atoms with E-state index in [1.54, 1.807) is 24.0 Å². The predicted molar refractivity (Wildman–Crippen MR) is 60.1 cm³/mol. The van der Waals surface area contributed by atoms with Gasteiger partial charge in [0.2, 0.25) is 5.91 Å². The van der Waals surface area contributed by atoms with Crippen LogP contribution in [0.5, 0.6) is 0 Å². The maximum Gasteiger partial charge on any atom is 0.246 e. The number of nitrogens with zero attached hydrogens (tertiary/aromatic N) is 4. The number of rotatable bonds is 4. The van der Waals surface area contributed by atoms with Crippen molar-refractivity contribution in [2.24, 2.45) is 7.05 Å². The van der Waals surface area contributed by atoms with E-state index in [-0.39, 0.29) is 5.91 Å². The monoisotopic (exact) mass is 218 g/mol. The molecule has 0 fully saturated rings. The maximum atomic E-state index is 11.5. The molecule has 0 unspecified atom stereocenters. The fourth-order valence-electron chi connectivity index (χ4n) is 1.15. The zero-order valence-electron chi connectivity index (χ0n) is 9.42. The summed E-state index contributed by atoms with van der Waals surface area (Å²) in [4.78, 5) is 13.0. The molecular formula is C11H14N4O. The predicted octanol–water partition coefficient (Wildman–Crippen LogP) is 0.805. The Bertz CT molecular complexity index is 427. The van der Waals surface area contributed by atoms with Crippen molar-refractivity contribution < 1.29 is 4.79 Å². The first-order valence-electron chi connectivity index (χ1n) is 4.92. The van der Waals surface area contributed by atoms with Gasteiger partial charge in [-0.3, -0.25) is 9.48 Å². The summed E-state index contributed by atoms with van der Waals surface area (Å²) in [5.41, 5.74) is 0.879. The molecule has 0 bridgehead atoms.